The third-order valence-corrected chi connectivity index (χ3v) is 3.26. The first-order valence-corrected chi connectivity index (χ1v) is 6.59. The summed E-state index contributed by atoms with van der Waals surface area (Å²) in [6, 6.07) is 12.1. The van der Waals surface area contributed by atoms with Gasteiger partial charge in [0.1, 0.15) is 12.4 Å². The molecular formula is C16H13F3N2O. The molecule has 3 nitrogen and oxygen atoms in total. The van der Waals surface area contributed by atoms with Gasteiger partial charge in [-0.3, -0.25) is 0 Å². The Morgan fingerprint density at radius 1 is 1.05 bits per heavy atom. The van der Waals surface area contributed by atoms with Crippen LogP contribution in [0.15, 0.2) is 48.5 Å². The highest BCUT2D eigenvalue weighted by molar-refractivity contribution is 5.83. The molecule has 0 atom stereocenters. The zero-order valence-electron chi connectivity index (χ0n) is 11.4. The molecule has 0 aliphatic carbocycles. The zero-order valence-corrected chi connectivity index (χ0v) is 11.4. The van der Waals surface area contributed by atoms with Crippen LogP contribution >= 0.6 is 0 Å². The molecule has 3 aromatic rings. The molecule has 0 bridgehead atoms. The van der Waals surface area contributed by atoms with Crippen LogP contribution in [-0.4, -0.2) is 4.98 Å². The first kappa shape index (κ1) is 14.3. The molecule has 0 spiro atoms. The number of benzene rings is 2. The number of fused-ring (bicyclic) bond motifs is 1. The van der Waals surface area contributed by atoms with Crippen molar-refractivity contribution in [2.45, 2.75) is 12.8 Å². The van der Waals surface area contributed by atoms with Crippen molar-refractivity contribution < 1.29 is 17.9 Å². The number of hydrogen-bond acceptors (Lipinski definition) is 2. The van der Waals surface area contributed by atoms with E-state index in [9.17, 15) is 13.2 Å². The van der Waals surface area contributed by atoms with Gasteiger partial charge in [-0.25, -0.2) is 0 Å². The molecule has 114 valence electrons. The van der Waals surface area contributed by atoms with Crippen molar-refractivity contribution in [1.82, 2.24) is 4.98 Å². The molecule has 0 radical (unpaired) electrons. The van der Waals surface area contributed by atoms with Crippen LogP contribution in [0.2, 0.25) is 0 Å². The van der Waals surface area contributed by atoms with E-state index in [2.05, 4.69) is 4.98 Å². The maximum Gasteiger partial charge on any atom is 0.416 e. The molecule has 0 amide bonds. The molecule has 3 rings (SSSR count). The van der Waals surface area contributed by atoms with E-state index < -0.39 is 11.7 Å². The van der Waals surface area contributed by atoms with Gasteiger partial charge < -0.3 is 15.5 Å². The SMILES string of the molecule is Nc1ccc2[nH]c(COc3cccc(C(F)(F)F)c3)cc2c1. The summed E-state index contributed by atoms with van der Waals surface area (Å²) in [7, 11) is 0. The lowest BCUT2D eigenvalue weighted by Gasteiger charge is -2.09. The summed E-state index contributed by atoms with van der Waals surface area (Å²) in [5, 5.41) is 0.933. The van der Waals surface area contributed by atoms with Crippen molar-refractivity contribution in [1.29, 1.82) is 0 Å². The first-order valence-electron chi connectivity index (χ1n) is 6.59. The Hall–Kier alpha value is -2.63. The van der Waals surface area contributed by atoms with Crippen LogP contribution < -0.4 is 10.5 Å². The number of nitrogens with one attached hydrogen (secondary N) is 1. The van der Waals surface area contributed by atoms with E-state index in [1.807, 2.05) is 18.2 Å². The van der Waals surface area contributed by atoms with Gasteiger partial charge in [-0.15, -0.1) is 0 Å². The Morgan fingerprint density at radius 2 is 1.86 bits per heavy atom. The molecule has 2 aromatic carbocycles. The zero-order chi connectivity index (χ0) is 15.7. The molecular weight excluding hydrogens is 293 g/mol. The van der Waals surface area contributed by atoms with E-state index in [0.29, 0.717) is 5.69 Å². The first-order chi connectivity index (χ1) is 10.4. The number of rotatable bonds is 3. The largest absolute Gasteiger partial charge is 0.487 e. The summed E-state index contributed by atoms with van der Waals surface area (Å²) >= 11 is 0. The highest BCUT2D eigenvalue weighted by atomic mass is 19.4. The maximum atomic E-state index is 12.6. The highest BCUT2D eigenvalue weighted by Crippen LogP contribution is 2.31. The quantitative estimate of drug-likeness (QED) is 0.707. The molecule has 22 heavy (non-hydrogen) atoms. The number of hydrogen-bond donors (Lipinski definition) is 2. The van der Waals surface area contributed by atoms with Crippen LogP contribution in [0.1, 0.15) is 11.3 Å². The molecule has 0 unspecified atom stereocenters. The third kappa shape index (κ3) is 3.00. The van der Waals surface area contributed by atoms with E-state index in [1.54, 1.807) is 6.07 Å². The number of H-pyrrole nitrogens is 1. The van der Waals surface area contributed by atoms with Crippen LogP contribution in [0, 0.1) is 0 Å². The molecule has 3 N–H and O–H groups in total. The van der Waals surface area contributed by atoms with Gasteiger partial charge in [-0.1, -0.05) is 6.07 Å². The van der Waals surface area contributed by atoms with E-state index in [0.717, 1.165) is 28.7 Å². The molecule has 1 aromatic heterocycles. The van der Waals surface area contributed by atoms with Crippen molar-refractivity contribution >= 4 is 16.6 Å². The van der Waals surface area contributed by atoms with Gasteiger partial charge >= 0.3 is 6.18 Å². The van der Waals surface area contributed by atoms with Crippen molar-refractivity contribution in [3.8, 4) is 5.75 Å². The fraction of sp³-hybridized carbons (Fsp3) is 0.125. The number of nitrogen functional groups attached to an aromatic ring is 1. The number of alkyl halides is 3. The minimum atomic E-state index is -4.38. The van der Waals surface area contributed by atoms with Crippen molar-refractivity contribution in [2.24, 2.45) is 0 Å². The topological polar surface area (TPSA) is 51.0 Å². The Bertz CT molecular complexity index is 809. The van der Waals surface area contributed by atoms with Gasteiger partial charge in [0.05, 0.1) is 11.3 Å². The number of aromatic amines is 1. The summed E-state index contributed by atoms with van der Waals surface area (Å²) in [6.45, 7) is 0.149. The Morgan fingerprint density at radius 3 is 2.64 bits per heavy atom. The minimum absolute atomic E-state index is 0.149. The second-order valence-electron chi connectivity index (χ2n) is 4.96. The van der Waals surface area contributed by atoms with E-state index >= 15 is 0 Å². The van der Waals surface area contributed by atoms with Gasteiger partial charge in [0, 0.05) is 16.6 Å². The molecule has 0 aliphatic heterocycles. The smallest absolute Gasteiger partial charge is 0.416 e. The molecule has 1 heterocycles. The summed E-state index contributed by atoms with van der Waals surface area (Å²) in [6.07, 6.45) is -4.38. The van der Waals surface area contributed by atoms with Crippen LogP contribution in [-0.2, 0) is 12.8 Å². The van der Waals surface area contributed by atoms with Gasteiger partial charge in [0.25, 0.3) is 0 Å². The van der Waals surface area contributed by atoms with Crippen LogP contribution in [0.4, 0.5) is 18.9 Å². The average Bonchev–Trinajstić information content (AvgIpc) is 2.86. The standard InChI is InChI=1S/C16H13F3N2O/c17-16(18,19)11-2-1-3-14(8-11)22-9-13-7-10-6-12(20)4-5-15(10)21-13/h1-8,21H,9,20H2. The number of aromatic nitrogens is 1. The number of ether oxygens (including phenoxy) is 1. The third-order valence-electron chi connectivity index (χ3n) is 3.26. The van der Waals surface area contributed by atoms with Crippen molar-refractivity contribution in [2.75, 3.05) is 5.73 Å². The summed E-state index contributed by atoms with van der Waals surface area (Å²) in [5.74, 6) is 0.174. The van der Waals surface area contributed by atoms with Crippen molar-refractivity contribution in [3.05, 3.63) is 59.8 Å². The normalized spacial score (nSPS) is 11.8. The van der Waals surface area contributed by atoms with Gasteiger partial charge in [-0.05, 0) is 42.5 Å². The van der Waals surface area contributed by atoms with Gasteiger partial charge in [0.15, 0.2) is 0 Å². The molecule has 0 saturated carbocycles. The maximum absolute atomic E-state index is 12.6. The Balaban J connectivity index is 1.76. The fourth-order valence-electron chi connectivity index (χ4n) is 2.21. The molecule has 0 aliphatic rings. The Labute approximate surface area is 124 Å². The van der Waals surface area contributed by atoms with E-state index in [4.69, 9.17) is 10.5 Å². The van der Waals surface area contributed by atoms with Crippen LogP contribution in [0.5, 0.6) is 5.75 Å². The summed E-state index contributed by atoms with van der Waals surface area (Å²) < 4.78 is 43.3. The van der Waals surface area contributed by atoms with E-state index in [1.165, 1.54) is 12.1 Å². The summed E-state index contributed by atoms with van der Waals surface area (Å²) in [5.41, 5.74) is 7.29. The van der Waals surface area contributed by atoms with Crippen molar-refractivity contribution in [3.63, 3.8) is 0 Å². The monoisotopic (exact) mass is 306 g/mol. The fourth-order valence-corrected chi connectivity index (χ4v) is 2.21. The second-order valence-corrected chi connectivity index (χ2v) is 4.96. The number of nitrogens with two attached hydrogens (primary N) is 1. The lowest BCUT2D eigenvalue weighted by molar-refractivity contribution is -0.137. The number of anilines is 1. The van der Waals surface area contributed by atoms with Crippen LogP contribution in [0.25, 0.3) is 10.9 Å². The minimum Gasteiger partial charge on any atom is -0.487 e. The second kappa shape index (κ2) is 5.29. The van der Waals surface area contributed by atoms with E-state index in [-0.39, 0.29) is 12.4 Å². The predicted molar refractivity (Wildman–Crippen MR) is 78.5 cm³/mol. The molecule has 0 fully saturated rings. The summed E-state index contributed by atoms with van der Waals surface area (Å²) in [4.78, 5) is 3.14. The molecule has 6 heteroatoms. The highest BCUT2D eigenvalue weighted by Gasteiger charge is 2.30. The lowest BCUT2D eigenvalue weighted by atomic mass is 10.2. The average molecular weight is 306 g/mol. The van der Waals surface area contributed by atoms with Gasteiger partial charge in [-0.2, -0.15) is 13.2 Å². The predicted octanol–water partition coefficient (Wildman–Crippen LogP) is 4.35. The lowest BCUT2D eigenvalue weighted by Crippen LogP contribution is -2.05. The Kier molecular flexibility index (Phi) is 3.44. The number of halogens is 3. The van der Waals surface area contributed by atoms with Crippen LogP contribution in [0.3, 0.4) is 0 Å². The molecule has 0 saturated heterocycles. The van der Waals surface area contributed by atoms with Gasteiger partial charge in [0.2, 0.25) is 0 Å².